The zero-order valence-electron chi connectivity index (χ0n) is 14.8. The quantitative estimate of drug-likeness (QED) is 0.533. The Labute approximate surface area is 167 Å². The fraction of sp³-hybridized carbons (Fsp3) is 0.350. The second-order valence-electron chi connectivity index (χ2n) is 7.08. The fourth-order valence-corrected chi connectivity index (χ4v) is 4.20. The van der Waals surface area contributed by atoms with Gasteiger partial charge in [0.05, 0.1) is 10.7 Å². The van der Waals surface area contributed by atoms with Crippen LogP contribution in [0.2, 0.25) is 10.2 Å². The average Bonchev–Trinajstić information content (AvgIpc) is 2.65. The summed E-state index contributed by atoms with van der Waals surface area (Å²) < 4.78 is 14.7. The minimum absolute atomic E-state index is 0.154. The van der Waals surface area contributed by atoms with Crippen LogP contribution < -0.4 is 5.32 Å². The summed E-state index contributed by atoms with van der Waals surface area (Å²) >= 11 is 12.8. The maximum absolute atomic E-state index is 14.7. The van der Waals surface area contributed by atoms with Crippen LogP contribution in [0.25, 0.3) is 22.3 Å². The second-order valence-corrected chi connectivity index (χ2v) is 7.84. The SMILES string of the molecule is CC1CCC(Nc2c(-c3c(F)cccc3Cl)c(Cl)nc3nccnc23)CC1. The number of anilines is 1. The van der Waals surface area contributed by atoms with E-state index >= 15 is 0 Å². The number of nitrogens with one attached hydrogen (secondary N) is 1. The molecule has 0 atom stereocenters. The van der Waals surface area contributed by atoms with Gasteiger partial charge in [0.15, 0.2) is 5.65 Å². The Kier molecular flexibility index (Phi) is 5.15. The lowest BCUT2D eigenvalue weighted by Crippen LogP contribution is -2.26. The maximum Gasteiger partial charge on any atom is 0.181 e. The van der Waals surface area contributed by atoms with Gasteiger partial charge in [-0.05, 0) is 43.7 Å². The topological polar surface area (TPSA) is 50.7 Å². The zero-order chi connectivity index (χ0) is 19.0. The fourth-order valence-electron chi connectivity index (χ4n) is 3.67. The van der Waals surface area contributed by atoms with E-state index < -0.39 is 5.82 Å². The predicted octanol–water partition coefficient (Wildman–Crippen LogP) is 6.13. The van der Waals surface area contributed by atoms with Crippen LogP contribution in [0.5, 0.6) is 0 Å². The van der Waals surface area contributed by atoms with Crippen molar-refractivity contribution in [2.75, 3.05) is 5.32 Å². The molecule has 0 bridgehead atoms. The minimum atomic E-state index is -0.449. The van der Waals surface area contributed by atoms with Gasteiger partial charge in [-0.2, -0.15) is 0 Å². The maximum atomic E-state index is 14.7. The molecule has 2 aromatic heterocycles. The van der Waals surface area contributed by atoms with Crippen LogP contribution in [-0.2, 0) is 0 Å². The highest BCUT2D eigenvalue weighted by atomic mass is 35.5. The number of halogens is 3. The van der Waals surface area contributed by atoms with Crippen LogP contribution in [-0.4, -0.2) is 21.0 Å². The first-order chi connectivity index (χ1) is 13.0. The highest BCUT2D eigenvalue weighted by molar-refractivity contribution is 6.37. The smallest absolute Gasteiger partial charge is 0.181 e. The molecule has 0 aliphatic heterocycles. The predicted molar refractivity (Wildman–Crippen MR) is 108 cm³/mol. The molecule has 27 heavy (non-hydrogen) atoms. The number of rotatable bonds is 3. The van der Waals surface area contributed by atoms with Gasteiger partial charge < -0.3 is 5.32 Å². The van der Waals surface area contributed by atoms with Gasteiger partial charge in [0.2, 0.25) is 0 Å². The summed E-state index contributed by atoms with van der Waals surface area (Å²) in [5.41, 5.74) is 2.30. The van der Waals surface area contributed by atoms with Crippen LogP contribution in [0.1, 0.15) is 32.6 Å². The van der Waals surface area contributed by atoms with Crippen molar-refractivity contribution >= 4 is 40.1 Å². The van der Waals surface area contributed by atoms with Crippen LogP contribution >= 0.6 is 23.2 Å². The molecule has 1 N–H and O–H groups in total. The molecule has 0 unspecified atom stereocenters. The van der Waals surface area contributed by atoms with Crippen LogP contribution in [0, 0.1) is 11.7 Å². The van der Waals surface area contributed by atoms with Crippen molar-refractivity contribution in [1.82, 2.24) is 15.0 Å². The first-order valence-corrected chi connectivity index (χ1v) is 9.81. The third-order valence-electron chi connectivity index (χ3n) is 5.15. The van der Waals surface area contributed by atoms with Gasteiger partial charge in [0.25, 0.3) is 0 Å². The summed E-state index contributed by atoms with van der Waals surface area (Å²) in [4.78, 5) is 13.0. The minimum Gasteiger partial charge on any atom is -0.380 e. The number of pyridine rings is 1. The molecule has 3 aromatic rings. The van der Waals surface area contributed by atoms with Crippen molar-refractivity contribution in [1.29, 1.82) is 0 Å². The monoisotopic (exact) mass is 404 g/mol. The van der Waals surface area contributed by atoms with Gasteiger partial charge in [-0.3, -0.25) is 0 Å². The van der Waals surface area contributed by atoms with Crippen molar-refractivity contribution in [3.63, 3.8) is 0 Å². The van der Waals surface area contributed by atoms with Crippen LogP contribution in [0.4, 0.5) is 10.1 Å². The van der Waals surface area contributed by atoms with E-state index in [4.69, 9.17) is 23.2 Å². The van der Waals surface area contributed by atoms with Crippen molar-refractivity contribution in [2.45, 2.75) is 38.6 Å². The molecule has 1 fully saturated rings. The van der Waals surface area contributed by atoms with E-state index in [9.17, 15) is 4.39 Å². The summed E-state index contributed by atoms with van der Waals surface area (Å²) in [5, 5.41) is 3.99. The lowest BCUT2D eigenvalue weighted by molar-refractivity contribution is 0.361. The molecule has 7 heteroatoms. The third kappa shape index (κ3) is 3.58. The molecule has 140 valence electrons. The Morgan fingerprint density at radius 1 is 1.04 bits per heavy atom. The molecule has 4 nitrogen and oxygen atoms in total. The number of hydrogen-bond acceptors (Lipinski definition) is 4. The Balaban J connectivity index is 1.91. The van der Waals surface area contributed by atoms with Crippen molar-refractivity contribution < 1.29 is 4.39 Å². The summed E-state index contributed by atoms with van der Waals surface area (Å²) in [5.74, 6) is 0.274. The lowest BCUT2D eigenvalue weighted by Gasteiger charge is -2.29. The number of hydrogen-bond donors (Lipinski definition) is 1. The van der Waals surface area contributed by atoms with Gasteiger partial charge in [-0.15, -0.1) is 0 Å². The molecule has 1 aliphatic rings. The van der Waals surface area contributed by atoms with E-state index in [1.165, 1.54) is 6.07 Å². The number of benzene rings is 1. The van der Waals surface area contributed by atoms with E-state index in [2.05, 4.69) is 27.2 Å². The van der Waals surface area contributed by atoms with Crippen molar-refractivity contribution in [2.24, 2.45) is 5.92 Å². The van der Waals surface area contributed by atoms with Crippen molar-refractivity contribution in [3.05, 3.63) is 46.6 Å². The lowest BCUT2D eigenvalue weighted by atomic mass is 9.87. The molecule has 0 amide bonds. The van der Waals surface area contributed by atoms with Gasteiger partial charge in [0, 0.05) is 29.6 Å². The molecule has 0 spiro atoms. The standard InChI is InChI=1S/C20H19Cl2FN4/c1-11-5-7-12(8-6-11)26-17-16(15-13(21)3-2-4-14(15)23)19(22)27-20-18(17)24-9-10-25-20/h2-4,9-12H,5-8H2,1H3,(H,25,26,27). The van der Waals surface area contributed by atoms with Crippen LogP contribution in [0.15, 0.2) is 30.6 Å². The summed E-state index contributed by atoms with van der Waals surface area (Å²) in [6.45, 7) is 2.27. The summed E-state index contributed by atoms with van der Waals surface area (Å²) in [7, 11) is 0. The van der Waals surface area contributed by atoms with E-state index in [0.29, 0.717) is 22.4 Å². The highest BCUT2D eigenvalue weighted by Gasteiger charge is 2.25. The first kappa shape index (κ1) is 18.4. The molecule has 1 saturated carbocycles. The first-order valence-electron chi connectivity index (χ1n) is 9.05. The summed E-state index contributed by atoms with van der Waals surface area (Å²) in [6.07, 6.45) is 7.53. The Morgan fingerprint density at radius 3 is 2.52 bits per heavy atom. The molecular formula is C20H19Cl2FN4. The molecule has 2 heterocycles. The normalized spacial score (nSPS) is 20.0. The zero-order valence-corrected chi connectivity index (χ0v) is 16.4. The third-order valence-corrected chi connectivity index (χ3v) is 5.74. The van der Waals surface area contributed by atoms with E-state index in [0.717, 1.165) is 31.6 Å². The molecule has 1 aliphatic carbocycles. The largest absolute Gasteiger partial charge is 0.380 e. The summed E-state index contributed by atoms with van der Waals surface area (Å²) in [6, 6.07) is 4.83. The van der Waals surface area contributed by atoms with Gasteiger partial charge >= 0.3 is 0 Å². The van der Waals surface area contributed by atoms with Gasteiger partial charge in [0.1, 0.15) is 16.5 Å². The van der Waals surface area contributed by atoms with E-state index in [-0.39, 0.29) is 21.8 Å². The molecule has 0 saturated heterocycles. The Bertz CT molecular complexity index is 967. The number of nitrogens with zero attached hydrogens (tertiary/aromatic N) is 3. The number of fused-ring (bicyclic) bond motifs is 1. The van der Waals surface area contributed by atoms with Gasteiger partial charge in [-0.1, -0.05) is 36.2 Å². The Hall–Kier alpha value is -1.98. The molecule has 4 rings (SSSR count). The molecule has 1 aromatic carbocycles. The molecule has 0 radical (unpaired) electrons. The van der Waals surface area contributed by atoms with Crippen molar-refractivity contribution in [3.8, 4) is 11.1 Å². The van der Waals surface area contributed by atoms with Gasteiger partial charge in [-0.25, -0.2) is 19.3 Å². The highest BCUT2D eigenvalue weighted by Crippen LogP contribution is 2.43. The van der Waals surface area contributed by atoms with E-state index in [1.807, 2.05) is 0 Å². The Morgan fingerprint density at radius 2 is 1.78 bits per heavy atom. The number of aromatic nitrogens is 3. The average molecular weight is 405 g/mol. The van der Waals surface area contributed by atoms with Crippen LogP contribution in [0.3, 0.4) is 0 Å². The van der Waals surface area contributed by atoms with E-state index in [1.54, 1.807) is 24.5 Å². The molecular weight excluding hydrogens is 386 g/mol. The second kappa shape index (κ2) is 7.56.